The smallest absolute Gasteiger partial charge is 0.251 e. The Labute approximate surface area is 157 Å². The molecule has 0 aliphatic carbocycles. The zero-order valence-corrected chi connectivity index (χ0v) is 15.2. The summed E-state index contributed by atoms with van der Waals surface area (Å²) in [7, 11) is 0. The molecule has 9 heteroatoms. The molecule has 1 unspecified atom stereocenters. The minimum Gasteiger partial charge on any atom is -0.463 e. The van der Waals surface area contributed by atoms with Crippen molar-refractivity contribution in [3.05, 3.63) is 46.2 Å². The SMILES string of the molecule is O=C(Nc1nc(-c2ccco2)cs1)C1COCC(=O)N1Cc1cccs1. The summed E-state index contributed by atoms with van der Waals surface area (Å²) in [4.78, 5) is 31.9. The van der Waals surface area contributed by atoms with Crippen LogP contribution >= 0.6 is 22.7 Å². The van der Waals surface area contributed by atoms with Gasteiger partial charge in [0.1, 0.15) is 18.3 Å². The van der Waals surface area contributed by atoms with Crippen LogP contribution in [-0.4, -0.2) is 41.0 Å². The number of anilines is 1. The fourth-order valence-corrected chi connectivity index (χ4v) is 4.05. The van der Waals surface area contributed by atoms with E-state index in [1.54, 1.807) is 40.0 Å². The first-order valence-electron chi connectivity index (χ1n) is 7.90. The van der Waals surface area contributed by atoms with Crippen molar-refractivity contribution in [1.29, 1.82) is 0 Å². The molecule has 7 nitrogen and oxygen atoms in total. The van der Waals surface area contributed by atoms with Crippen molar-refractivity contribution >= 4 is 39.6 Å². The van der Waals surface area contributed by atoms with Crippen molar-refractivity contribution in [3.8, 4) is 11.5 Å². The molecule has 3 aromatic heterocycles. The van der Waals surface area contributed by atoms with Gasteiger partial charge in [0.2, 0.25) is 5.91 Å². The molecule has 0 aromatic carbocycles. The summed E-state index contributed by atoms with van der Waals surface area (Å²) in [6.45, 7) is 0.557. The number of carbonyl (C=O) groups excluding carboxylic acids is 2. The summed E-state index contributed by atoms with van der Waals surface area (Å²) < 4.78 is 10.6. The fourth-order valence-electron chi connectivity index (χ4n) is 2.65. The Morgan fingerprint density at radius 1 is 1.35 bits per heavy atom. The van der Waals surface area contributed by atoms with Crippen LogP contribution in [0.3, 0.4) is 0 Å². The van der Waals surface area contributed by atoms with Crippen LogP contribution in [0.15, 0.2) is 45.7 Å². The van der Waals surface area contributed by atoms with Crippen LogP contribution in [0.2, 0.25) is 0 Å². The standard InChI is InChI=1S/C17H15N3O4S2/c21-15-9-23-8-13(20(15)7-11-3-2-6-25-11)16(22)19-17-18-12(10-26-17)14-4-1-5-24-14/h1-6,10,13H,7-9H2,(H,18,19,22). The highest BCUT2D eigenvalue weighted by Gasteiger charge is 2.34. The molecule has 1 N–H and O–H groups in total. The number of furan rings is 1. The van der Waals surface area contributed by atoms with Crippen molar-refractivity contribution < 1.29 is 18.7 Å². The number of rotatable bonds is 5. The number of hydrogen-bond acceptors (Lipinski definition) is 7. The van der Waals surface area contributed by atoms with Gasteiger partial charge in [-0.05, 0) is 23.6 Å². The molecular formula is C17H15N3O4S2. The van der Waals surface area contributed by atoms with E-state index in [0.29, 0.717) is 23.1 Å². The lowest BCUT2D eigenvalue weighted by Crippen LogP contribution is -2.54. The zero-order valence-electron chi connectivity index (χ0n) is 13.6. The summed E-state index contributed by atoms with van der Waals surface area (Å²) in [5, 5.41) is 6.99. The molecule has 1 aliphatic heterocycles. The van der Waals surface area contributed by atoms with E-state index >= 15 is 0 Å². The lowest BCUT2D eigenvalue weighted by molar-refractivity contribution is -0.153. The normalized spacial score (nSPS) is 17.5. The summed E-state index contributed by atoms with van der Waals surface area (Å²) in [5.74, 6) is 0.132. The van der Waals surface area contributed by atoms with E-state index in [1.807, 2.05) is 17.5 Å². The van der Waals surface area contributed by atoms with E-state index in [4.69, 9.17) is 9.15 Å². The first kappa shape index (κ1) is 17.0. The van der Waals surface area contributed by atoms with Gasteiger partial charge in [0.25, 0.3) is 5.91 Å². The highest BCUT2D eigenvalue weighted by molar-refractivity contribution is 7.14. The third kappa shape index (κ3) is 3.55. The second-order valence-corrected chi connectivity index (χ2v) is 7.53. The second-order valence-electron chi connectivity index (χ2n) is 5.64. The Bertz CT molecular complexity index is 889. The first-order chi connectivity index (χ1) is 12.7. The largest absolute Gasteiger partial charge is 0.463 e. The third-order valence-electron chi connectivity index (χ3n) is 3.91. The van der Waals surface area contributed by atoms with E-state index in [1.165, 1.54) is 11.3 Å². The first-order valence-corrected chi connectivity index (χ1v) is 9.66. The highest BCUT2D eigenvalue weighted by Crippen LogP contribution is 2.26. The van der Waals surface area contributed by atoms with Gasteiger partial charge in [-0.15, -0.1) is 22.7 Å². The molecule has 1 atom stereocenters. The summed E-state index contributed by atoms with van der Waals surface area (Å²) in [6.07, 6.45) is 1.57. The highest BCUT2D eigenvalue weighted by atomic mass is 32.1. The molecule has 4 rings (SSSR count). The number of thiophene rings is 1. The minimum absolute atomic E-state index is 0.00491. The Morgan fingerprint density at radius 2 is 2.27 bits per heavy atom. The number of hydrogen-bond donors (Lipinski definition) is 1. The molecular weight excluding hydrogens is 374 g/mol. The lowest BCUT2D eigenvalue weighted by atomic mass is 10.2. The van der Waals surface area contributed by atoms with Crippen molar-refractivity contribution in [2.24, 2.45) is 0 Å². The molecule has 4 heterocycles. The Balaban J connectivity index is 1.47. The molecule has 1 saturated heterocycles. The van der Waals surface area contributed by atoms with E-state index in [2.05, 4.69) is 10.3 Å². The van der Waals surface area contributed by atoms with Gasteiger partial charge in [0.15, 0.2) is 10.9 Å². The van der Waals surface area contributed by atoms with Gasteiger partial charge in [-0.1, -0.05) is 6.07 Å². The molecule has 1 fully saturated rings. The van der Waals surface area contributed by atoms with E-state index in [0.717, 1.165) is 4.88 Å². The Morgan fingerprint density at radius 3 is 3.04 bits per heavy atom. The number of aromatic nitrogens is 1. The zero-order chi connectivity index (χ0) is 17.9. The Kier molecular flexibility index (Phi) is 4.83. The van der Waals surface area contributed by atoms with Crippen LogP contribution in [0, 0.1) is 0 Å². The van der Waals surface area contributed by atoms with Gasteiger partial charge in [-0.25, -0.2) is 4.98 Å². The van der Waals surface area contributed by atoms with E-state index in [9.17, 15) is 9.59 Å². The second kappa shape index (κ2) is 7.40. The predicted molar refractivity (Wildman–Crippen MR) is 97.9 cm³/mol. The molecule has 0 bridgehead atoms. The molecule has 134 valence electrons. The van der Waals surface area contributed by atoms with Gasteiger partial charge in [0.05, 0.1) is 19.4 Å². The van der Waals surface area contributed by atoms with Crippen LogP contribution in [0.4, 0.5) is 5.13 Å². The molecule has 0 saturated carbocycles. The third-order valence-corrected chi connectivity index (χ3v) is 5.53. The molecule has 26 heavy (non-hydrogen) atoms. The number of morpholine rings is 1. The number of nitrogens with zero attached hydrogens (tertiary/aromatic N) is 2. The maximum Gasteiger partial charge on any atom is 0.251 e. The van der Waals surface area contributed by atoms with Gasteiger partial charge in [0, 0.05) is 10.3 Å². The van der Waals surface area contributed by atoms with Crippen molar-refractivity contribution in [3.63, 3.8) is 0 Å². The van der Waals surface area contributed by atoms with Crippen molar-refractivity contribution in [2.45, 2.75) is 12.6 Å². The molecule has 0 spiro atoms. The molecule has 0 radical (unpaired) electrons. The van der Waals surface area contributed by atoms with Crippen LogP contribution in [-0.2, 0) is 20.9 Å². The van der Waals surface area contributed by atoms with Crippen molar-refractivity contribution in [1.82, 2.24) is 9.88 Å². The number of ether oxygens (including phenoxy) is 1. The number of carbonyl (C=O) groups is 2. The van der Waals surface area contributed by atoms with Gasteiger partial charge >= 0.3 is 0 Å². The van der Waals surface area contributed by atoms with Gasteiger partial charge < -0.3 is 19.4 Å². The lowest BCUT2D eigenvalue weighted by Gasteiger charge is -2.33. The van der Waals surface area contributed by atoms with Crippen LogP contribution in [0.5, 0.6) is 0 Å². The number of thiazole rings is 1. The number of amides is 2. The van der Waals surface area contributed by atoms with E-state index in [-0.39, 0.29) is 25.0 Å². The predicted octanol–water partition coefficient (Wildman–Crippen LogP) is 2.83. The van der Waals surface area contributed by atoms with Crippen LogP contribution < -0.4 is 5.32 Å². The average molecular weight is 389 g/mol. The maximum absolute atomic E-state index is 12.7. The van der Waals surface area contributed by atoms with Gasteiger partial charge in [-0.3, -0.25) is 9.59 Å². The summed E-state index contributed by atoms with van der Waals surface area (Å²) in [5.41, 5.74) is 0.654. The van der Waals surface area contributed by atoms with Crippen LogP contribution in [0.1, 0.15) is 4.88 Å². The van der Waals surface area contributed by atoms with Crippen LogP contribution in [0.25, 0.3) is 11.5 Å². The molecule has 2 amide bonds. The summed E-state index contributed by atoms with van der Waals surface area (Å²) >= 11 is 2.85. The molecule has 3 aromatic rings. The topological polar surface area (TPSA) is 84.7 Å². The van der Waals surface area contributed by atoms with Gasteiger partial charge in [-0.2, -0.15) is 0 Å². The van der Waals surface area contributed by atoms with E-state index < -0.39 is 6.04 Å². The Hall–Kier alpha value is -2.49. The average Bonchev–Trinajstić information content (AvgIpc) is 3.38. The van der Waals surface area contributed by atoms with Crippen molar-refractivity contribution in [2.75, 3.05) is 18.5 Å². The number of nitrogens with one attached hydrogen (secondary N) is 1. The quantitative estimate of drug-likeness (QED) is 0.725. The maximum atomic E-state index is 12.7. The minimum atomic E-state index is -0.686. The monoisotopic (exact) mass is 389 g/mol. The fraction of sp³-hybridized carbons (Fsp3) is 0.235. The summed E-state index contributed by atoms with van der Waals surface area (Å²) in [6, 6.07) is 6.76. The molecule has 1 aliphatic rings.